The number of methoxy groups -OCH3 is 1. The molecule has 0 aromatic heterocycles. The topological polar surface area (TPSA) is 124 Å². The molecule has 1 fully saturated rings. The number of carbonyl (C=O) groups is 4. The van der Waals surface area contributed by atoms with Crippen LogP contribution >= 0.6 is 11.6 Å². The molecule has 1 aliphatic rings. The molecule has 35 heavy (non-hydrogen) atoms. The smallest absolute Gasteiger partial charge is 0.339 e. The molecule has 0 saturated carbocycles. The highest BCUT2D eigenvalue weighted by molar-refractivity contribution is 6.17. The first kappa shape index (κ1) is 28.1. The predicted molar refractivity (Wildman–Crippen MR) is 104 cm³/mol. The average Bonchev–Trinajstić information content (AvgIpc) is 2.77. The van der Waals surface area contributed by atoms with Gasteiger partial charge in [0.1, 0.15) is 0 Å². The second-order valence-electron chi connectivity index (χ2n) is 6.99. The van der Waals surface area contributed by atoms with Gasteiger partial charge in [-0.3, -0.25) is 14.4 Å². The monoisotopic (exact) mass is 530 g/mol. The normalized spacial score (nSPS) is 23.7. The van der Waals surface area contributed by atoms with E-state index in [2.05, 4.69) is 4.74 Å². The SMILES string of the molecule is COC(=O)[C@H]1O[C@@H](Oc2c(F)c(F)c(CCl)c(F)c2F)[C@H](OC(C)=O)[C@@H](OC(C)=O)[C@@H]1OC(C)=O. The summed E-state index contributed by atoms with van der Waals surface area (Å²) in [7, 11) is 0.903. The van der Waals surface area contributed by atoms with Crippen molar-refractivity contribution >= 4 is 35.5 Å². The zero-order valence-electron chi connectivity index (χ0n) is 18.6. The largest absolute Gasteiger partial charge is 0.467 e. The number of carbonyl (C=O) groups excluding carboxylic acids is 4. The van der Waals surface area contributed by atoms with Crippen LogP contribution in [0, 0.1) is 23.3 Å². The Labute approximate surface area is 200 Å². The highest BCUT2D eigenvalue weighted by atomic mass is 35.5. The van der Waals surface area contributed by atoms with Crippen LogP contribution in [-0.2, 0) is 48.7 Å². The lowest BCUT2D eigenvalue weighted by Crippen LogP contribution is -2.64. The fraction of sp³-hybridized carbons (Fsp3) is 0.500. The molecule has 10 nitrogen and oxygen atoms in total. The molecule has 0 unspecified atom stereocenters. The Morgan fingerprint density at radius 1 is 0.800 bits per heavy atom. The molecule has 1 aromatic rings. The minimum absolute atomic E-state index is 0.880. The van der Waals surface area contributed by atoms with Crippen LogP contribution < -0.4 is 4.74 Å². The van der Waals surface area contributed by atoms with Gasteiger partial charge in [-0.15, -0.1) is 11.6 Å². The van der Waals surface area contributed by atoms with Gasteiger partial charge in [0, 0.05) is 26.3 Å². The van der Waals surface area contributed by atoms with Crippen LogP contribution in [0.15, 0.2) is 0 Å². The van der Waals surface area contributed by atoms with Crippen molar-refractivity contribution in [1.82, 2.24) is 0 Å². The van der Waals surface area contributed by atoms with E-state index in [1.807, 2.05) is 0 Å². The highest BCUT2D eigenvalue weighted by Crippen LogP contribution is 2.35. The Bertz CT molecular complexity index is 991. The summed E-state index contributed by atoms with van der Waals surface area (Å²) in [4.78, 5) is 47.4. The van der Waals surface area contributed by atoms with Crippen LogP contribution in [0.3, 0.4) is 0 Å². The molecule has 0 aliphatic carbocycles. The van der Waals surface area contributed by atoms with E-state index in [1.165, 1.54) is 0 Å². The Hall–Kier alpha value is -3.13. The van der Waals surface area contributed by atoms with E-state index in [-0.39, 0.29) is 0 Å². The Kier molecular flexibility index (Phi) is 9.26. The van der Waals surface area contributed by atoms with E-state index >= 15 is 0 Å². The van der Waals surface area contributed by atoms with Crippen molar-refractivity contribution in [2.45, 2.75) is 57.4 Å². The number of hydrogen-bond acceptors (Lipinski definition) is 10. The molecule has 1 heterocycles. The maximum atomic E-state index is 14.5. The first-order valence-electron chi connectivity index (χ1n) is 9.66. The zero-order valence-corrected chi connectivity index (χ0v) is 19.3. The summed E-state index contributed by atoms with van der Waals surface area (Å²) >= 11 is 5.32. The number of halogens is 5. The number of benzene rings is 1. The Morgan fingerprint density at radius 3 is 1.69 bits per heavy atom. The molecule has 2 rings (SSSR count). The quantitative estimate of drug-likeness (QED) is 0.170. The van der Waals surface area contributed by atoms with Crippen molar-refractivity contribution in [2.75, 3.05) is 7.11 Å². The van der Waals surface area contributed by atoms with Crippen LogP contribution in [-0.4, -0.2) is 61.7 Å². The predicted octanol–water partition coefficient (Wildman–Crippen LogP) is 2.05. The fourth-order valence-electron chi connectivity index (χ4n) is 3.17. The van der Waals surface area contributed by atoms with Gasteiger partial charge in [-0.25, -0.2) is 13.6 Å². The van der Waals surface area contributed by atoms with Crippen LogP contribution in [0.2, 0.25) is 0 Å². The van der Waals surface area contributed by atoms with Crippen molar-refractivity contribution in [3.05, 3.63) is 28.8 Å². The van der Waals surface area contributed by atoms with Gasteiger partial charge in [0.05, 0.1) is 13.0 Å². The number of ether oxygens (including phenoxy) is 6. The zero-order chi connectivity index (χ0) is 26.6. The molecule has 194 valence electrons. The fourth-order valence-corrected chi connectivity index (χ4v) is 3.40. The van der Waals surface area contributed by atoms with Gasteiger partial charge < -0.3 is 28.4 Å². The van der Waals surface area contributed by atoms with E-state index < -0.39 is 95.0 Å². The van der Waals surface area contributed by atoms with Crippen molar-refractivity contribution in [3.8, 4) is 5.75 Å². The standard InChI is InChI=1S/C20H19ClF4O10/c1-6(26)31-15-16(32-7(2)27)18(33-8(3)28)20(35-17(15)19(29)30-4)34-14-12(24)10(22)9(5-21)11(23)13(14)25/h15-18,20H,5H2,1-4H3/t15-,16-,17-,18+,20+/m0/s1. The van der Waals surface area contributed by atoms with Crippen LogP contribution in [0.4, 0.5) is 17.6 Å². The van der Waals surface area contributed by atoms with Crippen molar-refractivity contribution in [1.29, 1.82) is 0 Å². The van der Waals surface area contributed by atoms with E-state index in [1.54, 1.807) is 0 Å². The number of esters is 4. The molecule has 1 aliphatic heterocycles. The van der Waals surface area contributed by atoms with E-state index in [0.717, 1.165) is 27.9 Å². The maximum Gasteiger partial charge on any atom is 0.339 e. The third kappa shape index (κ3) is 6.11. The van der Waals surface area contributed by atoms with Crippen molar-refractivity contribution in [2.24, 2.45) is 0 Å². The average molecular weight is 531 g/mol. The van der Waals surface area contributed by atoms with Gasteiger partial charge in [-0.2, -0.15) is 8.78 Å². The van der Waals surface area contributed by atoms with Crippen molar-refractivity contribution < 1.29 is 65.2 Å². The minimum atomic E-state index is -2.23. The highest BCUT2D eigenvalue weighted by Gasteiger charge is 2.56. The summed E-state index contributed by atoms with van der Waals surface area (Å²) in [5, 5.41) is 0. The molecule has 5 atom stereocenters. The number of hydrogen-bond donors (Lipinski definition) is 0. The molecule has 15 heteroatoms. The maximum absolute atomic E-state index is 14.5. The van der Waals surface area contributed by atoms with Crippen LogP contribution in [0.5, 0.6) is 5.75 Å². The Morgan fingerprint density at radius 2 is 1.26 bits per heavy atom. The van der Waals surface area contributed by atoms with Crippen LogP contribution in [0.1, 0.15) is 26.3 Å². The van der Waals surface area contributed by atoms with Gasteiger partial charge in [0.15, 0.2) is 35.7 Å². The molecule has 0 radical (unpaired) electrons. The van der Waals surface area contributed by atoms with Crippen molar-refractivity contribution in [3.63, 3.8) is 0 Å². The second-order valence-corrected chi connectivity index (χ2v) is 7.25. The molecular weight excluding hydrogens is 512 g/mol. The van der Waals surface area contributed by atoms with Gasteiger partial charge in [0.2, 0.25) is 24.0 Å². The van der Waals surface area contributed by atoms with E-state index in [4.69, 9.17) is 35.3 Å². The summed E-state index contributed by atoms with van der Waals surface area (Å²) in [5.74, 6) is -14.7. The van der Waals surface area contributed by atoms with Gasteiger partial charge in [-0.1, -0.05) is 0 Å². The van der Waals surface area contributed by atoms with Crippen LogP contribution in [0.25, 0.3) is 0 Å². The molecule has 0 spiro atoms. The summed E-state index contributed by atoms with van der Waals surface area (Å²) in [6, 6.07) is 0. The molecule has 0 amide bonds. The third-order valence-electron chi connectivity index (χ3n) is 4.52. The molecule has 0 bridgehead atoms. The second kappa shape index (κ2) is 11.5. The lowest BCUT2D eigenvalue weighted by atomic mass is 9.97. The molecule has 0 N–H and O–H groups in total. The first-order chi connectivity index (χ1) is 16.3. The third-order valence-corrected chi connectivity index (χ3v) is 4.78. The molecular formula is C20H19ClF4O10. The van der Waals surface area contributed by atoms with E-state index in [9.17, 15) is 36.7 Å². The molecule has 1 saturated heterocycles. The number of alkyl halides is 1. The van der Waals surface area contributed by atoms with Gasteiger partial charge in [0.25, 0.3) is 0 Å². The Balaban J connectivity index is 2.66. The van der Waals surface area contributed by atoms with E-state index in [0.29, 0.717) is 0 Å². The number of rotatable bonds is 7. The van der Waals surface area contributed by atoms with Gasteiger partial charge >= 0.3 is 23.9 Å². The minimum Gasteiger partial charge on any atom is -0.467 e. The lowest BCUT2D eigenvalue weighted by Gasteiger charge is -2.43. The first-order valence-corrected chi connectivity index (χ1v) is 10.2. The summed E-state index contributed by atoms with van der Waals surface area (Å²) < 4.78 is 87.3. The van der Waals surface area contributed by atoms with Gasteiger partial charge in [-0.05, 0) is 0 Å². The molecule has 1 aromatic carbocycles. The summed E-state index contributed by atoms with van der Waals surface area (Å²) in [5.41, 5.74) is -1.13. The summed E-state index contributed by atoms with van der Waals surface area (Å²) in [6.07, 6.45) is -9.81. The summed E-state index contributed by atoms with van der Waals surface area (Å²) in [6.45, 7) is 2.71. The lowest BCUT2D eigenvalue weighted by molar-refractivity contribution is -0.283.